The number of carbonyl (C=O) groups excluding carboxylic acids is 1. The normalized spacial score (nSPS) is 10.8. The van der Waals surface area contributed by atoms with Crippen LogP contribution in [0.2, 0.25) is 0 Å². The molecule has 0 fully saturated rings. The second-order valence-corrected chi connectivity index (χ2v) is 4.26. The first-order valence-corrected chi connectivity index (χ1v) is 6.25. The Balaban J connectivity index is 2.00. The second-order valence-electron chi connectivity index (χ2n) is 4.26. The largest absolute Gasteiger partial charge is 0.320 e. The standard InChI is InChI=1S/C16H12N4O/c17-10-12-6-8-14(9-7-12)19-16(21)20-15(11-18)13-4-2-1-3-5-13/h1-9,15H,(H2,19,20,21). The Morgan fingerprint density at radius 3 is 2.24 bits per heavy atom. The van der Waals surface area contributed by atoms with E-state index in [1.54, 1.807) is 48.5 Å². The predicted octanol–water partition coefficient (Wildman–Crippen LogP) is 2.94. The highest BCUT2D eigenvalue weighted by molar-refractivity contribution is 5.89. The summed E-state index contributed by atoms with van der Waals surface area (Å²) in [6.07, 6.45) is 0. The Morgan fingerprint density at radius 2 is 1.67 bits per heavy atom. The van der Waals surface area contributed by atoms with Gasteiger partial charge in [-0.15, -0.1) is 0 Å². The lowest BCUT2D eigenvalue weighted by Crippen LogP contribution is -2.31. The number of nitrogens with one attached hydrogen (secondary N) is 2. The lowest BCUT2D eigenvalue weighted by molar-refractivity contribution is 0.250. The van der Waals surface area contributed by atoms with Crippen LogP contribution in [0, 0.1) is 22.7 Å². The molecule has 2 rings (SSSR count). The minimum atomic E-state index is -0.718. The number of hydrogen-bond donors (Lipinski definition) is 2. The maximum atomic E-state index is 11.9. The van der Waals surface area contributed by atoms with Gasteiger partial charge >= 0.3 is 6.03 Å². The van der Waals surface area contributed by atoms with Crippen LogP contribution in [-0.2, 0) is 0 Å². The fourth-order valence-electron chi connectivity index (χ4n) is 1.76. The maximum Gasteiger partial charge on any atom is 0.320 e. The number of anilines is 1. The number of nitrogens with zero attached hydrogens (tertiary/aromatic N) is 2. The van der Waals surface area contributed by atoms with E-state index < -0.39 is 12.1 Å². The van der Waals surface area contributed by atoms with E-state index in [9.17, 15) is 4.79 Å². The molecule has 21 heavy (non-hydrogen) atoms. The van der Waals surface area contributed by atoms with Gasteiger partial charge in [-0.1, -0.05) is 30.3 Å². The summed E-state index contributed by atoms with van der Waals surface area (Å²) < 4.78 is 0. The number of rotatable bonds is 3. The van der Waals surface area contributed by atoms with Crippen LogP contribution in [-0.4, -0.2) is 6.03 Å². The SMILES string of the molecule is N#Cc1ccc(NC(=O)NC(C#N)c2ccccc2)cc1. The van der Waals surface area contributed by atoms with E-state index in [-0.39, 0.29) is 0 Å². The molecule has 0 aliphatic rings. The molecule has 2 N–H and O–H groups in total. The fourth-order valence-corrected chi connectivity index (χ4v) is 1.76. The molecule has 5 heteroatoms. The molecular formula is C16H12N4O. The van der Waals surface area contributed by atoms with Gasteiger partial charge < -0.3 is 10.6 Å². The highest BCUT2D eigenvalue weighted by Crippen LogP contribution is 2.12. The molecule has 1 unspecified atom stereocenters. The van der Waals surface area contributed by atoms with Gasteiger partial charge in [0.05, 0.1) is 17.7 Å². The van der Waals surface area contributed by atoms with Crippen LogP contribution >= 0.6 is 0 Å². The van der Waals surface area contributed by atoms with E-state index in [0.29, 0.717) is 11.3 Å². The molecule has 0 radical (unpaired) electrons. The van der Waals surface area contributed by atoms with Crippen molar-refractivity contribution in [3.8, 4) is 12.1 Å². The van der Waals surface area contributed by atoms with Crippen molar-refractivity contribution in [3.05, 3.63) is 65.7 Å². The van der Waals surface area contributed by atoms with Crippen molar-refractivity contribution >= 4 is 11.7 Å². The summed E-state index contributed by atoms with van der Waals surface area (Å²) in [4.78, 5) is 11.9. The Labute approximate surface area is 122 Å². The molecule has 0 aliphatic carbocycles. The third-order valence-corrected chi connectivity index (χ3v) is 2.81. The van der Waals surface area contributed by atoms with E-state index in [2.05, 4.69) is 10.6 Å². The van der Waals surface area contributed by atoms with Gasteiger partial charge in [-0.05, 0) is 29.8 Å². The van der Waals surface area contributed by atoms with Gasteiger partial charge in [-0.25, -0.2) is 4.79 Å². The first-order valence-electron chi connectivity index (χ1n) is 6.25. The van der Waals surface area contributed by atoms with E-state index in [1.807, 2.05) is 18.2 Å². The van der Waals surface area contributed by atoms with Gasteiger partial charge in [0, 0.05) is 5.69 Å². The van der Waals surface area contributed by atoms with E-state index in [4.69, 9.17) is 10.5 Å². The predicted molar refractivity (Wildman–Crippen MR) is 78.1 cm³/mol. The van der Waals surface area contributed by atoms with Crippen LogP contribution in [0.25, 0.3) is 0 Å². The minimum Gasteiger partial charge on any atom is -0.318 e. The highest BCUT2D eigenvalue weighted by Gasteiger charge is 2.13. The molecule has 2 aromatic carbocycles. The Morgan fingerprint density at radius 1 is 1.00 bits per heavy atom. The van der Waals surface area contributed by atoms with Crippen LogP contribution in [0.1, 0.15) is 17.2 Å². The lowest BCUT2D eigenvalue weighted by Gasteiger charge is -2.12. The zero-order valence-electron chi connectivity index (χ0n) is 11.1. The smallest absolute Gasteiger partial charge is 0.318 e. The molecule has 0 spiro atoms. The van der Waals surface area contributed by atoms with Crippen molar-refractivity contribution in [1.82, 2.24) is 5.32 Å². The van der Waals surface area contributed by atoms with Gasteiger partial charge in [-0.3, -0.25) is 0 Å². The number of carbonyl (C=O) groups is 1. The Hall–Kier alpha value is -3.31. The average Bonchev–Trinajstić information content (AvgIpc) is 2.54. The van der Waals surface area contributed by atoms with Crippen LogP contribution in [0.5, 0.6) is 0 Å². The molecule has 5 nitrogen and oxygen atoms in total. The average molecular weight is 276 g/mol. The Kier molecular flexibility index (Phi) is 4.53. The molecule has 2 aromatic rings. The molecule has 0 aromatic heterocycles. The number of nitriles is 2. The quantitative estimate of drug-likeness (QED) is 0.903. The molecule has 0 aliphatic heterocycles. The van der Waals surface area contributed by atoms with Crippen molar-refractivity contribution < 1.29 is 4.79 Å². The molecular weight excluding hydrogens is 264 g/mol. The van der Waals surface area contributed by atoms with Crippen LogP contribution in [0.4, 0.5) is 10.5 Å². The zero-order valence-corrected chi connectivity index (χ0v) is 11.1. The number of amides is 2. The van der Waals surface area contributed by atoms with Gasteiger partial charge in [0.15, 0.2) is 0 Å². The summed E-state index contributed by atoms with van der Waals surface area (Å²) in [6.45, 7) is 0. The van der Waals surface area contributed by atoms with Gasteiger partial charge in [0.25, 0.3) is 0 Å². The van der Waals surface area contributed by atoms with Gasteiger partial charge in [0.1, 0.15) is 6.04 Å². The number of benzene rings is 2. The van der Waals surface area contributed by atoms with Crippen molar-refractivity contribution in [2.75, 3.05) is 5.32 Å². The molecule has 0 saturated heterocycles. The third-order valence-electron chi connectivity index (χ3n) is 2.81. The zero-order chi connectivity index (χ0) is 15.1. The van der Waals surface area contributed by atoms with Crippen molar-refractivity contribution in [3.63, 3.8) is 0 Å². The van der Waals surface area contributed by atoms with E-state index in [0.717, 1.165) is 5.56 Å². The molecule has 0 bridgehead atoms. The number of hydrogen-bond acceptors (Lipinski definition) is 3. The van der Waals surface area contributed by atoms with E-state index in [1.165, 1.54) is 0 Å². The van der Waals surface area contributed by atoms with Crippen molar-refractivity contribution in [2.45, 2.75) is 6.04 Å². The van der Waals surface area contributed by atoms with Crippen molar-refractivity contribution in [2.24, 2.45) is 0 Å². The monoisotopic (exact) mass is 276 g/mol. The topological polar surface area (TPSA) is 88.7 Å². The Bertz CT molecular complexity index is 696. The molecule has 0 saturated carbocycles. The highest BCUT2D eigenvalue weighted by atomic mass is 16.2. The summed E-state index contributed by atoms with van der Waals surface area (Å²) in [5, 5.41) is 23.0. The van der Waals surface area contributed by atoms with Crippen LogP contribution in [0.3, 0.4) is 0 Å². The van der Waals surface area contributed by atoms with Gasteiger partial charge in [-0.2, -0.15) is 10.5 Å². The van der Waals surface area contributed by atoms with Gasteiger partial charge in [0.2, 0.25) is 0 Å². The molecule has 0 heterocycles. The number of urea groups is 1. The van der Waals surface area contributed by atoms with E-state index >= 15 is 0 Å². The van der Waals surface area contributed by atoms with Crippen LogP contribution in [0.15, 0.2) is 54.6 Å². The summed E-state index contributed by atoms with van der Waals surface area (Å²) in [7, 11) is 0. The summed E-state index contributed by atoms with van der Waals surface area (Å²) >= 11 is 0. The molecule has 2 amide bonds. The first-order chi connectivity index (χ1) is 10.2. The molecule has 1 atom stereocenters. The second kappa shape index (κ2) is 6.74. The molecule has 102 valence electrons. The summed E-state index contributed by atoms with van der Waals surface area (Å²) in [5.41, 5.74) is 1.78. The van der Waals surface area contributed by atoms with Crippen LogP contribution < -0.4 is 10.6 Å². The maximum absolute atomic E-state index is 11.9. The summed E-state index contributed by atoms with van der Waals surface area (Å²) in [5.74, 6) is 0. The fraction of sp³-hybridized carbons (Fsp3) is 0.0625. The third kappa shape index (κ3) is 3.82. The minimum absolute atomic E-state index is 0.477. The van der Waals surface area contributed by atoms with Crippen molar-refractivity contribution in [1.29, 1.82) is 10.5 Å². The summed E-state index contributed by atoms with van der Waals surface area (Å²) in [6, 6.07) is 18.3. The first kappa shape index (κ1) is 14.1. The lowest BCUT2D eigenvalue weighted by atomic mass is 10.1.